The number of hydrogen-bond acceptors (Lipinski definition) is 3. The second kappa shape index (κ2) is 7.11. The van der Waals surface area contributed by atoms with Crippen LogP contribution in [0.2, 0.25) is 0 Å². The number of piperidine rings is 1. The molecule has 1 amide bonds. The van der Waals surface area contributed by atoms with Crippen LogP contribution >= 0.6 is 0 Å². The van der Waals surface area contributed by atoms with E-state index in [1.165, 1.54) is 11.6 Å². The molecule has 7 heteroatoms. The Balaban J connectivity index is 1.44. The number of nitrogens with zero attached hydrogens (tertiary/aromatic N) is 2. The zero-order valence-corrected chi connectivity index (χ0v) is 15.0. The number of carbonyl (C=O) groups excluding carboxylic acids is 1. The Morgan fingerprint density at radius 1 is 1.19 bits per heavy atom. The normalized spacial score (nSPS) is 21.3. The van der Waals surface area contributed by atoms with Crippen molar-refractivity contribution in [1.82, 2.24) is 10.2 Å². The lowest BCUT2D eigenvalue weighted by Gasteiger charge is -2.33. The first-order valence-electron chi connectivity index (χ1n) is 9.37. The van der Waals surface area contributed by atoms with Gasteiger partial charge in [0.05, 0.1) is 12.1 Å². The van der Waals surface area contributed by atoms with Crippen LogP contribution in [-0.4, -0.2) is 49.2 Å². The topological polar surface area (TPSA) is 44.7 Å². The summed E-state index contributed by atoms with van der Waals surface area (Å²) in [6.07, 6.45) is -2.35. The molecule has 1 aromatic rings. The van der Waals surface area contributed by atoms with E-state index in [4.69, 9.17) is 0 Å². The Morgan fingerprint density at radius 2 is 1.93 bits per heavy atom. The van der Waals surface area contributed by atoms with E-state index in [9.17, 15) is 18.0 Å². The molecule has 0 radical (unpaired) electrons. The van der Waals surface area contributed by atoms with Crippen LogP contribution in [0.1, 0.15) is 36.3 Å². The van der Waals surface area contributed by atoms with Crippen molar-refractivity contribution in [3.05, 3.63) is 46.5 Å². The van der Waals surface area contributed by atoms with Gasteiger partial charge < -0.3 is 10.2 Å². The predicted molar refractivity (Wildman–Crippen MR) is 96.8 cm³/mol. The van der Waals surface area contributed by atoms with Crippen LogP contribution in [-0.2, 0) is 11.0 Å². The molecule has 1 N–H and O–H groups in total. The van der Waals surface area contributed by atoms with Gasteiger partial charge in [-0.3, -0.25) is 9.79 Å². The van der Waals surface area contributed by atoms with Gasteiger partial charge in [-0.25, -0.2) is 0 Å². The first-order chi connectivity index (χ1) is 12.9. The van der Waals surface area contributed by atoms with Crippen molar-refractivity contribution in [3.63, 3.8) is 0 Å². The minimum atomic E-state index is -4.35. The molecule has 0 aliphatic carbocycles. The maximum absolute atomic E-state index is 13.3. The van der Waals surface area contributed by atoms with Crippen LogP contribution < -0.4 is 5.32 Å². The summed E-state index contributed by atoms with van der Waals surface area (Å²) in [5.41, 5.74) is 2.60. The average Bonchev–Trinajstić information content (AvgIpc) is 3.11. The summed E-state index contributed by atoms with van der Waals surface area (Å²) in [7, 11) is 0. The zero-order valence-electron chi connectivity index (χ0n) is 15.0. The predicted octanol–water partition coefficient (Wildman–Crippen LogP) is 3.16. The molecule has 0 unspecified atom stereocenters. The van der Waals surface area contributed by atoms with E-state index >= 15 is 0 Å². The van der Waals surface area contributed by atoms with Crippen LogP contribution in [0.15, 0.2) is 40.4 Å². The van der Waals surface area contributed by atoms with Crippen LogP contribution in [0.5, 0.6) is 0 Å². The molecule has 1 fully saturated rings. The molecule has 0 atom stereocenters. The number of rotatable bonds is 2. The number of amides is 1. The van der Waals surface area contributed by atoms with Gasteiger partial charge in [0.2, 0.25) is 0 Å². The van der Waals surface area contributed by atoms with E-state index in [0.29, 0.717) is 50.3 Å². The Hall–Kier alpha value is -2.15. The Bertz CT molecular complexity index is 805. The number of alkyl halides is 3. The molecule has 0 saturated carbocycles. The lowest BCUT2D eigenvalue weighted by molar-refractivity contribution is -0.138. The third kappa shape index (κ3) is 3.52. The average molecular weight is 377 g/mol. The first kappa shape index (κ1) is 18.2. The van der Waals surface area contributed by atoms with Crippen molar-refractivity contribution < 1.29 is 18.0 Å². The highest BCUT2D eigenvalue weighted by Crippen LogP contribution is 2.38. The van der Waals surface area contributed by atoms with E-state index in [0.717, 1.165) is 24.6 Å². The van der Waals surface area contributed by atoms with Gasteiger partial charge in [0.15, 0.2) is 0 Å². The van der Waals surface area contributed by atoms with Gasteiger partial charge in [-0.2, -0.15) is 13.2 Å². The number of halogens is 3. The van der Waals surface area contributed by atoms with E-state index in [1.807, 2.05) is 0 Å². The molecule has 0 aromatic heterocycles. The van der Waals surface area contributed by atoms with Crippen molar-refractivity contribution in [2.45, 2.75) is 31.4 Å². The molecule has 4 nitrogen and oxygen atoms in total. The Labute approximate surface area is 156 Å². The number of aliphatic imine (C=N–C) groups is 1. The molecule has 4 rings (SSSR count). The molecular weight excluding hydrogens is 355 g/mol. The molecule has 144 valence electrons. The van der Waals surface area contributed by atoms with Crippen molar-refractivity contribution in [3.8, 4) is 0 Å². The van der Waals surface area contributed by atoms with Gasteiger partial charge in [-0.15, -0.1) is 0 Å². The summed E-state index contributed by atoms with van der Waals surface area (Å²) >= 11 is 0. The van der Waals surface area contributed by atoms with Crippen LogP contribution in [0, 0.1) is 0 Å². The Morgan fingerprint density at radius 3 is 2.67 bits per heavy atom. The van der Waals surface area contributed by atoms with Gasteiger partial charge in [-0.05, 0) is 54.5 Å². The maximum atomic E-state index is 13.3. The van der Waals surface area contributed by atoms with Gasteiger partial charge in [0.25, 0.3) is 5.91 Å². The molecule has 27 heavy (non-hydrogen) atoms. The van der Waals surface area contributed by atoms with Crippen molar-refractivity contribution >= 4 is 11.6 Å². The lowest BCUT2D eigenvalue weighted by atomic mass is 9.86. The SMILES string of the molecule is O=C(C1=NCC2=C1CNCC2)N1CCC(c2ccccc2C(F)(F)F)CC1. The van der Waals surface area contributed by atoms with E-state index in [2.05, 4.69) is 10.3 Å². The van der Waals surface area contributed by atoms with Crippen molar-refractivity contribution in [2.24, 2.45) is 4.99 Å². The lowest BCUT2D eigenvalue weighted by Crippen LogP contribution is -2.43. The third-order valence-corrected chi connectivity index (χ3v) is 5.74. The van der Waals surface area contributed by atoms with Crippen LogP contribution in [0.3, 0.4) is 0 Å². The number of likely N-dealkylation sites (tertiary alicyclic amines) is 1. The second-order valence-corrected chi connectivity index (χ2v) is 7.33. The fourth-order valence-electron chi connectivity index (χ4n) is 4.28. The second-order valence-electron chi connectivity index (χ2n) is 7.33. The molecule has 3 aliphatic rings. The standard InChI is InChI=1S/C20H22F3N3O/c21-20(22,23)17-4-2-1-3-15(17)13-6-9-26(10-7-13)19(27)18-16-12-24-8-5-14(16)11-25-18/h1-4,13,24H,5-12H2. The number of nitrogens with one attached hydrogen (secondary N) is 1. The molecule has 1 aromatic carbocycles. The van der Waals surface area contributed by atoms with Crippen molar-refractivity contribution in [2.75, 3.05) is 32.7 Å². The van der Waals surface area contributed by atoms with E-state index in [-0.39, 0.29) is 11.8 Å². The molecular formula is C20H22F3N3O. The summed E-state index contributed by atoms with van der Waals surface area (Å²) in [6, 6.07) is 5.78. The fraction of sp³-hybridized carbons (Fsp3) is 0.500. The summed E-state index contributed by atoms with van der Waals surface area (Å²) in [4.78, 5) is 19.1. The maximum Gasteiger partial charge on any atom is 0.416 e. The summed E-state index contributed by atoms with van der Waals surface area (Å²) in [5.74, 6) is -0.255. The largest absolute Gasteiger partial charge is 0.416 e. The fourth-order valence-corrected chi connectivity index (χ4v) is 4.28. The third-order valence-electron chi connectivity index (χ3n) is 5.74. The Kier molecular flexibility index (Phi) is 4.80. The highest BCUT2D eigenvalue weighted by Gasteiger charge is 2.37. The highest BCUT2D eigenvalue weighted by atomic mass is 19.4. The number of benzene rings is 1. The van der Waals surface area contributed by atoms with Crippen LogP contribution in [0.25, 0.3) is 0 Å². The smallest absolute Gasteiger partial charge is 0.337 e. The molecule has 0 bridgehead atoms. The quantitative estimate of drug-likeness (QED) is 0.861. The minimum Gasteiger partial charge on any atom is -0.337 e. The molecule has 0 spiro atoms. The van der Waals surface area contributed by atoms with Gasteiger partial charge in [0.1, 0.15) is 5.71 Å². The number of carbonyl (C=O) groups is 1. The molecule has 3 aliphatic heterocycles. The first-order valence-corrected chi connectivity index (χ1v) is 9.37. The summed E-state index contributed by atoms with van der Waals surface area (Å²) in [5, 5.41) is 3.28. The van der Waals surface area contributed by atoms with Crippen molar-refractivity contribution in [1.29, 1.82) is 0 Å². The minimum absolute atomic E-state index is 0.0775. The zero-order chi connectivity index (χ0) is 19.0. The summed E-state index contributed by atoms with van der Waals surface area (Å²) in [6.45, 7) is 3.12. The van der Waals surface area contributed by atoms with Gasteiger partial charge >= 0.3 is 6.18 Å². The van der Waals surface area contributed by atoms with Crippen LogP contribution in [0.4, 0.5) is 13.2 Å². The van der Waals surface area contributed by atoms with E-state index in [1.54, 1.807) is 17.0 Å². The number of hydrogen-bond donors (Lipinski definition) is 1. The molecule has 1 saturated heterocycles. The highest BCUT2D eigenvalue weighted by molar-refractivity contribution is 6.46. The molecule has 3 heterocycles. The summed E-state index contributed by atoms with van der Waals surface area (Å²) < 4.78 is 39.8. The van der Waals surface area contributed by atoms with E-state index < -0.39 is 11.7 Å². The van der Waals surface area contributed by atoms with Gasteiger partial charge in [0, 0.05) is 19.6 Å². The monoisotopic (exact) mass is 377 g/mol. The van der Waals surface area contributed by atoms with Gasteiger partial charge in [-0.1, -0.05) is 18.2 Å².